The average molecular weight is 210 g/mol. The van der Waals surface area contributed by atoms with Crippen LogP contribution >= 0.6 is 0 Å². The number of carbonyl (C=O) groups excluding carboxylic acids is 1. The van der Waals surface area contributed by atoms with Gasteiger partial charge in [0.25, 0.3) is 5.91 Å². The number of likely N-dealkylation sites (tertiary alicyclic amines) is 1. The summed E-state index contributed by atoms with van der Waals surface area (Å²) < 4.78 is 5.25. The van der Waals surface area contributed by atoms with E-state index in [-0.39, 0.29) is 12.0 Å². The molecule has 1 atom stereocenters. The van der Waals surface area contributed by atoms with Gasteiger partial charge in [0.05, 0.1) is 6.10 Å². The number of nitrogens with one attached hydrogen (secondary N) is 1. The van der Waals surface area contributed by atoms with Crippen molar-refractivity contribution in [2.45, 2.75) is 18.9 Å². The minimum atomic E-state index is -0.103. The maximum atomic E-state index is 11.9. The molecule has 1 aliphatic rings. The molecule has 0 spiro atoms. The zero-order chi connectivity index (χ0) is 10.7. The molecule has 6 nitrogen and oxygen atoms in total. The summed E-state index contributed by atoms with van der Waals surface area (Å²) in [7, 11) is 1.67. The Balaban J connectivity index is 2.01. The lowest BCUT2D eigenvalue weighted by molar-refractivity contribution is 0.0262. The van der Waals surface area contributed by atoms with E-state index in [9.17, 15) is 4.79 Å². The first kappa shape index (κ1) is 10.1. The van der Waals surface area contributed by atoms with Crippen LogP contribution in [-0.4, -0.2) is 52.3 Å². The second-order valence-corrected chi connectivity index (χ2v) is 3.59. The van der Waals surface area contributed by atoms with E-state index in [1.807, 2.05) is 0 Å². The Kier molecular flexibility index (Phi) is 2.96. The molecule has 1 aliphatic heterocycles. The summed E-state index contributed by atoms with van der Waals surface area (Å²) >= 11 is 0. The molecule has 1 fully saturated rings. The van der Waals surface area contributed by atoms with Gasteiger partial charge >= 0.3 is 0 Å². The largest absolute Gasteiger partial charge is 0.380 e. The minimum Gasteiger partial charge on any atom is -0.380 e. The molecule has 0 aliphatic carbocycles. The summed E-state index contributed by atoms with van der Waals surface area (Å²) in [6.45, 7) is 1.40. The molecule has 1 aromatic rings. The Morgan fingerprint density at radius 1 is 1.73 bits per heavy atom. The zero-order valence-corrected chi connectivity index (χ0v) is 8.64. The molecular formula is C9H14N4O2. The fourth-order valence-corrected chi connectivity index (χ4v) is 1.77. The molecule has 1 amide bonds. The topological polar surface area (TPSA) is 71.1 Å². The molecule has 0 radical (unpaired) electrons. The van der Waals surface area contributed by atoms with Crippen molar-refractivity contribution in [1.29, 1.82) is 0 Å². The first-order chi connectivity index (χ1) is 7.31. The van der Waals surface area contributed by atoms with E-state index in [4.69, 9.17) is 4.74 Å². The quantitative estimate of drug-likeness (QED) is 0.749. The van der Waals surface area contributed by atoms with Crippen LogP contribution in [0.1, 0.15) is 23.5 Å². The van der Waals surface area contributed by atoms with E-state index in [0.717, 1.165) is 19.4 Å². The van der Waals surface area contributed by atoms with Gasteiger partial charge in [-0.25, -0.2) is 4.98 Å². The minimum absolute atomic E-state index is 0.103. The van der Waals surface area contributed by atoms with Gasteiger partial charge in [-0.3, -0.25) is 9.89 Å². The Morgan fingerprint density at radius 3 is 3.27 bits per heavy atom. The summed E-state index contributed by atoms with van der Waals surface area (Å²) in [5.41, 5.74) is 0. The van der Waals surface area contributed by atoms with Gasteiger partial charge in [0.15, 0.2) is 0 Å². The Hall–Kier alpha value is -1.43. The number of amides is 1. The van der Waals surface area contributed by atoms with Gasteiger partial charge in [0, 0.05) is 20.2 Å². The Bertz CT molecular complexity index is 325. The van der Waals surface area contributed by atoms with E-state index < -0.39 is 0 Å². The van der Waals surface area contributed by atoms with Gasteiger partial charge in [0.1, 0.15) is 6.33 Å². The molecule has 2 heterocycles. The SMILES string of the molecule is COC1CCCN(C(=O)c2ncn[nH]2)C1. The molecule has 1 aromatic heterocycles. The lowest BCUT2D eigenvalue weighted by Gasteiger charge is -2.31. The Labute approximate surface area is 87.6 Å². The van der Waals surface area contributed by atoms with E-state index in [1.165, 1.54) is 6.33 Å². The number of methoxy groups -OCH3 is 1. The van der Waals surface area contributed by atoms with Crippen molar-refractivity contribution in [3.05, 3.63) is 12.2 Å². The highest BCUT2D eigenvalue weighted by Crippen LogP contribution is 2.13. The number of rotatable bonds is 2. The third-order valence-corrected chi connectivity index (χ3v) is 2.62. The van der Waals surface area contributed by atoms with E-state index in [0.29, 0.717) is 12.4 Å². The van der Waals surface area contributed by atoms with Crippen molar-refractivity contribution in [2.75, 3.05) is 20.2 Å². The van der Waals surface area contributed by atoms with Gasteiger partial charge in [0.2, 0.25) is 5.82 Å². The van der Waals surface area contributed by atoms with Crippen molar-refractivity contribution in [3.8, 4) is 0 Å². The third-order valence-electron chi connectivity index (χ3n) is 2.62. The standard InChI is InChI=1S/C9H14N4O2/c1-15-7-3-2-4-13(5-7)9(14)8-10-6-11-12-8/h6-7H,2-5H2,1H3,(H,10,11,12). The number of hydrogen-bond donors (Lipinski definition) is 1. The smallest absolute Gasteiger partial charge is 0.291 e. The Morgan fingerprint density at radius 2 is 2.60 bits per heavy atom. The van der Waals surface area contributed by atoms with Crippen molar-refractivity contribution in [3.63, 3.8) is 0 Å². The summed E-state index contributed by atoms with van der Waals surface area (Å²) in [6.07, 6.45) is 3.46. The molecule has 0 saturated carbocycles. The van der Waals surface area contributed by atoms with Crippen LogP contribution in [0.15, 0.2) is 6.33 Å². The molecule has 2 rings (SSSR count). The fraction of sp³-hybridized carbons (Fsp3) is 0.667. The number of carbonyl (C=O) groups is 1. The number of ether oxygens (including phenoxy) is 1. The third kappa shape index (κ3) is 2.15. The molecule has 1 N–H and O–H groups in total. The average Bonchev–Trinajstić information content (AvgIpc) is 2.81. The summed E-state index contributed by atoms with van der Waals surface area (Å²) in [4.78, 5) is 17.5. The first-order valence-corrected chi connectivity index (χ1v) is 4.98. The number of aromatic nitrogens is 3. The summed E-state index contributed by atoms with van der Waals surface area (Å²) in [5, 5.41) is 6.24. The van der Waals surface area contributed by atoms with Gasteiger partial charge in [-0.2, -0.15) is 5.10 Å². The van der Waals surface area contributed by atoms with Gasteiger partial charge in [-0.15, -0.1) is 0 Å². The molecule has 82 valence electrons. The molecule has 0 aromatic carbocycles. The predicted molar refractivity (Wildman–Crippen MR) is 52.3 cm³/mol. The lowest BCUT2D eigenvalue weighted by atomic mass is 10.1. The van der Waals surface area contributed by atoms with Crippen LogP contribution in [0.3, 0.4) is 0 Å². The van der Waals surface area contributed by atoms with E-state index >= 15 is 0 Å². The molecule has 6 heteroatoms. The number of piperidine rings is 1. The van der Waals surface area contributed by atoms with E-state index in [1.54, 1.807) is 12.0 Å². The molecule has 0 bridgehead atoms. The summed E-state index contributed by atoms with van der Waals surface area (Å²) in [5.74, 6) is 0.195. The number of aromatic amines is 1. The number of hydrogen-bond acceptors (Lipinski definition) is 4. The van der Waals surface area contributed by atoms with Crippen LogP contribution in [0, 0.1) is 0 Å². The van der Waals surface area contributed by atoms with Gasteiger partial charge < -0.3 is 9.64 Å². The maximum absolute atomic E-state index is 11.9. The van der Waals surface area contributed by atoms with Crippen molar-refractivity contribution < 1.29 is 9.53 Å². The molecular weight excluding hydrogens is 196 g/mol. The van der Waals surface area contributed by atoms with Crippen LogP contribution in [0.4, 0.5) is 0 Å². The van der Waals surface area contributed by atoms with Crippen LogP contribution in [-0.2, 0) is 4.74 Å². The summed E-state index contributed by atoms with van der Waals surface area (Å²) in [6, 6.07) is 0. The molecule has 1 unspecified atom stereocenters. The van der Waals surface area contributed by atoms with Crippen LogP contribution in [0.25, 0.3) is 0 Å². The second-order valence-electron chi connectivity index (χ2n) is 3.59. The molecule has 1 saturated heterocycles. The molecule has 15 heavy (non-hydrogen) atoms. The van der Waals surface area contributed by atoms with Crippen molar-refractivity contribution >= 4 is 5.91 Å². The van der Waals surface area contributed by atoms with Crippen LogP contribution in [0.2, 0.25) is 0 Å². The first-order valence-electron chi connectivity index (χ1n) is 4.98. The van der Waals surface area contributed by atoms with Crippen LogP contribution < -0.4 is 0 Å². The highest BCUT2D eigenvalue weighted by Gasteiger charge is 2.25. The van der Waals surface area contributed by atoms with Crippen molar-refractivity contribution in [1.82, 2.24) is 20.1 Å². The highest BCUT2D eigenvalue weighted by atomic mass is 16.5. The predicted octanol–water partition coefficient (Wildman–Crippen LogP) is 0.0557. The monoisotopic (exact) mass is 210 g/mol. The van der Waals surface area contributed by atoms with Gasteiger partial charge in [-0.05, 0) is 12.8 Å². The van der Waals surface area contributed by atoms with Gasteiger partial charge in [-0.1, -0.05) is 0 Å². The highest BCUT2D eigenvalue weighted by molar-refractivity contribution is 5.90. The zero-order valence-electron chi connectivity index (χ0n) is 8.64. The number of H-pyrrole nitrogens is 1. The lowest BCUT2D eigenvalue weighted by Crippen LogP contribution is -2.43. The van der Waals surface area contributed by atoms with Crippen molar-refractivity contribution in [2.24, 2.45) is 0 Å². The number of nitrogens with zero attached hydrogens (tertiary/aromatic N) is 3. The fourth-order valence-electron chi connectivity index (χ4n) is 1.77. The van der Waals surface area contributed by atoms with E-state index in [2.05, 4.69) is 15.2 Å². The van der Waals surface area contributed by atoms with Crippen LogP contribution in [0.5, 0.6) is 0 Å². The maximum Gasteiger partial charge on any atom is 0.291 e. The second kappa shape index (κ2) is 4.39. The normalized spacial score (nSPS) is 21.7.